The highest BCUT2D eigenvalue weighted by Crippen LogP contribution is 2.32. The van der Waals surface area contributed by atoms with Gasteiger partial charge in [-0.15, -0.1) is 0 Å². The largest absolute Gasteiger partial charge is 0.320 e. The fourth-order valence-electron chi connectivity index (χ4n) is 3.06. The molecule has 114 valence electrons. The second kappa shape index (κ2) is 7.19. The van der Waals surface area contributed by atoms with Gasteiger partial charge in [-0.2, -0.15) is 0 Å². The van der Waals surface area contributed by atoms with Crippen molar-refractivity contribution >= 4 is 0 Å². The van der Waals surface area contributed by atoms with Gasteiger partial charge in [0.25, 0.3) is 0 Å². The Morgan fingerprint density at radius 3 is 2.00 bits per heavy atom. The maximum Gasteiger partial charge on any atom is 0.123 e. The Labute approximate surface area is 123 Å². The van der Waals surface area contributed by atoms with Gasteiger partial charge in [-0.25, -0.2) is 4.39 Å². The molecule has 0 aliphatic carbocycles. The number of benzene rings is 1. The summed E-state index contributed by atoms with van der Waals surface area (Å²) in [6.07, 6.45) is 0.885. The monoisotopic (exact) mass is 280 g/mol. The number of halogens is 1. The molecule has 20 heavy (non-hydrogen) atoms. The Bertz CT molecular complexity index is 398. The summed E-state index contributed by atoms with van der Waals surface area (Å²) in [5.41, 5.74) is 7.37. The van der Waals surface area contributed by atoms with E-state index in [1.165, 1.54) is 12.1 Å². The number of hydrogen-bond acceptors (Lipinski definition) is 2. The lowest BCUT2D eigenvalue weighted by Gasteiger charge is -2.43. The van der Waals surface area contributed by atoms with E-state index < -0.39 is 5.54 Å². The molecule has 2 nitrogen and oxygen atoms in total. The van der Waals surface area contributed by atoms with Crippen LogP contribution in [0.5, 0.6) is 0 Å². The summed E-state index contributed by atoms with van der Waals surface area (Å²) >= 11 is 0. The minimum Gasteiger partial charge on any atom is -0.320 e. The summed E-state index contributed by atoms with van der Waals surface area (Å²) < 4.78 is 13.2. The first kappa shape index (κ1) is 17.1. The van der Waals surface area contributed by atoms with E-state index in [4.69, 9.17) is 5.73 Å². The topological polar surface area (TPSA) is 29.3 Å². The SMILES string of the molecule is CCN(CC)C(C)C(N)(CC(C)C)c1ccc(F)cc1. The van der Waals surface area contributed by atoms with Gasteiger partial charge in [0.05, 0.1) is 5.54 Å². The van der Waals surface area contributed by atoms with Crippen LogP contribution in [-0.4, -0.2) is 24.0 Å². The lowest BCUT2D eigenvalue weighted by Crippen LogP contribution is -2.55. The first-order chi connectivity index (χ1) is 9.35. The van der Waals surface area contributed by atoms with Crippen molar-refractivity contribution in [2.45, 2.75) is 52.6 Å². The summed E-state index contributed by atoms with van der Waals surface area (Å²) in [6.45, 7) is 12.8. The molecular weight excluding hydrogens is 251 g/mol. The van der Waals surface area contributed by atoms with Crippen LogP contribution in [0.15, 0.2) is 24.3 Å². The van der Waals surface area contributed by atoms with Crippen LogP contribution in [0.3, 0.4) is 0 Å². The molecule has 0 saturated carbocycles. The fraction of sp³-hybridized carbons (Fsp3) is 0.647. The third-order valence-electron chi connectivity index (χ3n) is 4.23. The van der Waals surface area contributed by atoms with E-state index >= 15 is 0 Å². The van der Waals surface area contributed by atoms with Gasteiger partial charge in [0.1, 0.15) is 5.82 Å². The third kappa shape index (κ3) is 3.80. The Morgan fingerprint density at radius 2 is 1.60 bits per heavy atom. The quantitative estimate of drug-likeness (QED) is 0.824. The minimum absolute atomic E-state index is 0.212. The molecular formula is C17H29FN2. The van der Waals surface area contributed by atoms with Crippen LogP contribution < -0.4 is 5.73 Å². The molecule has 1 rings (SSSR count). The fourth-order valence-corrected chi connectivity index (χ4v) is 3.06. The Hall–Kier alpha value is -0.930. The molecule has 0 aliphatic rings. The number of nitrogens with two attached hydrogens (primary N) is 1. The van der Waals surface area contributed by atoms with Gasteiger partial charge in [0.15, 0.2) is 0 Å². The molecule has 0 amide bonds. The maximum atomic E-state index is 13.2. The van der Waals surface area contributed by atoms with E-state index in [0.717, 1.165) is 25.1 Å². The first-order valence-corrected chi connectivity index (χ1v) is 7.64. The molecule has 0 fully saturated rings. The molecule has 0 spiro atoms. The van der Waals surface area contributed by atoms with Crippen molar-refractivity contribution in [2.75, 3.05) is 13.1 Å². The van der Waals surface area contributed by atoms with E-state index in [1.54, 1.807) is 0 Å². The molecule has 1 aromatic rings. The number of nitrogens with zero attached hydrogens (tertiary/aromatic N) is 1. The maximum absolute atomic E-state index is 13.2. The van der Waals surface area contributed by atoms with Gasteiger partial charge >= 0.3 is 0 Å². The van der Waals surface area contributed by atoms with Crippen LogP contribution in [0, 0.1) is 11.7 Å². The predicted molar refractivity (Wildman–Crippen MR) is 84.1 cm³/mol. The number of likely N-dealkylation sites (N-methyl/N-ethyl adjacent to an activating group) is 1. The average molecular weight is 280 g/mol. The van der Waals surface area contributed by atoms with E-state index in [9.17, 15) is 4.39 Å². The molecule has 0 aliphatic heterocycles. The molecule has 2 atom stereocenters. The summed E-state index contributed by atoms with van der Waals surface area (Å²) in [4.78, 5) is 2.37. The lowest BCUT2D eigenvalue weighted by molar-refractivity contribution is 0.126. The highest BCUT2D eigenvalue weighted by molar-refractivity contribution is 5.27. The number of hydrogen-bond donors (Lipinski definition) is 1. The summed E-state index contributed by atoms with van der Waals surface area (Å²) in [7, 11) is 0. The smallest absolute Gasteiger partial charge is 0.123 e. The van der Waals surface area contributed by atoms with Crippen molar-refractivity contribution in [3.05, 3.63) is 35.6 Å². The van der Waals surface area contributed by atoms with Gasteiger partial charge in [-0.3, -0.25) is 4.90 Å². The van der Waals surface area contributed by atoms with E-state index in [2.05, 4.69) is 39.5 Å². The van der Waals surface area contributed by atoms with Crippen LogP contribution in [0.4, 0.5) is 4.39 Å². The lowest BCUT2D eigenvalue weighted by atomic mass is 9.77. The third-order valence-corrected chi connectivity index (χ3v) is 4.23. The van der Waals surface area contributed by atoms with Crippen molar-refractivity contribution in [1.29, 1.82) is 0 Å². The highest BCUT2D eigenvalue weighted by Gasteiger charge is 2.37. The molecule has 2 N–H and O–H groups in total. The molecule has 0 heterocycles. The Morgan fingerprint density at radius 1 is 1.10 bits per heavy atom. The molecule has 2 unspecified atom stereocenters. The van der Waals surface area contributed by atoms with Crippen LogP contribution in [-0.2, 0) is 5.54 Å². The van der Waals surface area contributed by atoms with Crippen molar-refractivity contribution in [3.63, 3.8) is 0 Å². The molecule has 0 bridgehead atoms. The van der Waals surface area contributed by atoms with Crippen LogP contribution in [0.25, 0.3) is 0 Å². The van der Waals surface area contributed by atoms with Gasteiger partial charge < -0.3 is 5.73 Å². The second-order valence-electron chi connectivity index (χ2n) is 6.04. The summed E-state index contributed by atoms with van der Waals surface area (Å²) in [6, 6.07) is 6.89. The standard InChI is InChI=1S/C17H29FN2/c1-6-20(7-2)14(5)17(19,12-13(3)4)15-8-10-16(18)11-9-15/h8-11,13-14H,6-7,12,19H2,1-5H3. The minimum atomic E-state index is -0.451. The van der Waals surface area contributed by atoms with E-state index in [0.29, 0.717) is 5.92 Å². The van der Waals surface area contributed by atoms with Crippen molar-refractivity contribution in [1.82, 2.24) is 4.90 Å². The molecule has 0 saturated heterocycles. The zero-order chi connectivity index (χ0) is 15.3. The van der Waals surface area contributed by atoms with Crippen molar-refractivity contribution < 1.29 is 4.39 Å². The van der Waals surface area contributed by atoms with Gasteiger partial charge in [0.2, 0.25) is 0 Å². The first-order valence-electron chi connectivity index (χ1n) is 7.64. The summed E-state index contributed by atoms with van der Waals surface area (Å²) in [5, 5.41) is 0. The van der Waals surface area contributed by atoms with Crippen LogP contribution in [0.2, 0.25) is 0 Å². The van der Waals surface area contributed by atoms with Gasteiger partial charge in [0, 0.05) is 6.04 Å². The molecule has 0 aromatic heterocycles. The van der Waals surface area contributed by atoms with Gasteiger partial charge in [-0.05, 0) is 50.0 Å². The van der Waals surface area contributed by atoms with E-state index in [-0.39, 0.29) is 11.9 Å². The second-order valence-corrected chi connectivity index (χ2v) is 6.04. The van der Waals surface area contributed by atoms with Crippen molar-refractivity contribution in [2.24, 2.45) is 11.7 Å². The van der Waals surface area contributed by atoms with Crippen molar-refractivity contribution in [3.8, 4) is 0 Å². The normalized spacial score (nSPS) is 16.4. The molecule has 1 aromatic carbocycles. The molecule has 0 radical (unpaired) electrons. The number of rotatable bonds is 7. The highest BCUT2D eigenvalue weighted by atomic mass is 19.1. The van der Waals surface area contributed by atoms with Crippen LogP contribution in [0.1, 0.15) is 46.6 Å². The average Bonchev–Trinajstić information content (AvgIpc) is 2.39. The Kier molecular flexibility index (Phi) is 6.15. The predicted octanol–water partition coefficient (Wildman–Crippen LogP) is 3.76. The Balaban J connectivity index is 3.17. The summed E-state index contributed by atoms with van der Waals surface area (Å²) in [5.74, 6) is 0.277. The zero-order valence-corrected chi connectivity index (χ0v) is 13.5. The van der Waals surface area contributed by atoms with Gasteiger partial charge in [-0.1, -0.05) is 39.8 Å². The zero-order valence-electron chi connectivity index (χ0n) is 13.5. The van der Waals surface area contributed by atoms with Crippen LogP contribution >= 0.6 is 0 Å². The van der Waals surface area contributed by atoms with E-state index in [1.807, 2.05) is 12.1 Å². The molecule has 3 heteroatoms.